The standard InChI is InChI=1S/C68H47N/c1-7-23-48(24-8-1)58-44-42-57(47-64(58)51-29-13-4-14-30-51)69(68-59(49-25-9-2-10-26-49)39-22-40-60(68)50-27-11-3-12-28-50)56-36-21-35-54(45-56)55-41-43-62-61-37-19-20-38-63(61)66(52-31-15-5-16-32-52)67(65(62)46-55)53-33-17-6-18-34-53/h1-47H. The van der Waals surface area contributed by atoms with Crippen LogP contribution in [0, 0.1) is 0 Å². The van der Waals surface area contributed by atoms with Gasteiger partial charge in [0, 0.05) is 22.5 Å². The average Bonchev–Trinajstić information content (AvgIpc) is 3.44. The summed E-state index contributed by atoms with van der Waals surface area (Å²) in [5.74, 6) is 0. The first-order valence-corrected chi connectivity index (χ1v) is 23.8. The Bertz CT molecular complexity index is 3680. The van der Waals surface area contributed by atoms with Crippen LogP contribution in [0.4, 0.5) is 17.1 Å². The van der Waals surface area contributed by atoms with Crippen molar-refractivity contribution >= 4 is 38.6 Å². The molecule has 0 saturated carbocycles. The molecule has 0 amide bonds. The second kappa shape index (κ2) is 18.3. The first-order valence-electron chi connectivity index (χ1n) is 23.8. The van der Waals surface area contributed by atoms with Crippen molar-refractivity contribution in [2.45, 2.75) is 0 Å². The molecule has 1 nitrogen and oxygen atoms in total. The van der Waals surface area contributed by atoms with Gasteiger partial charge in [-0.1, -0.05) is 255 Å². The van der Waals surface area contributed by atoms with E-state index in [-0.39, 0.29) is 0 Å². The van der Waals surface area contributed by atoms with Gasteiger partial charge < -0.3 is 4.90 Å². The van der Waals surface area contributed by atoms with Gasteiger partial charge in [0.1, 0.15) is 0 Å². The fraction of sp³-hybridized carbons (Fsp3) is 0. The lowest BCUT2D eigenvalue weighted by Crippen LogP contribution is -2.13. The summed E-state index contributed by atoms with van der Waals surface area (Å²) in [6.45, 7) is 0. The Hall–Kier alpha value is -9.04. The molecule has 69 heavy (non-hydrogen) atoms. The van der Waals surface area contributed by atoms with Gasteiger partial charge in [-0.3, -0.25) is 0 Å². The second-order valence-electron chi connectivity index (χ2n) is 17.6. The lowest BCUT2D eigenvalue weighted by Gasteiger charge is -2.31. The summed E-state index contributed by atoms with van der Waals surface area (Å²) in [5, 5.41) is 4.96. The van der Waals surface area contributed by atoms with E-state index in [1.54, 1.807) is 0 Å². The minimum atomic E-state index is 1.06. The number of nitrogens with zero attached hydrogens (tertiary/aromatic N) is 1. The van der Waals surface area contributed by atoms with Crippen molar-refractivity contribution in [3.8, 4) is 77.9 Å². The van der Waals surface area contributed by atoms with Crippen LogP contribution < -0.4 is 4.90 Å². The maximum Gasteiger partial charge on any atom is 0.0618 e. The molecular weight excluding hydrogens is 831 g/mol. The molecule has 0 aromatic heterocycles. The van der Waals surface area contributed by atoms with Crippen molar-refractivity contribution in [3.63, 3.8) is 0 Å². The Morgan fingerprint density at radius 3 is 1.13 bits per heavy atom. The van der Waals surface area contributed by atoms with Crippen molar-refractivity contribution in [1.82, 2.24) is 0 Å². The van der Waals surface area contributed by atoms with E-state index < -0.39 is 0 Å². The van der Waals surface area contributed by atoms with E-state index in [9.17, 15) is 0 Å². The molecule has 12 aromatic rings. The topological polar surface area (TPSA) is 3.24 Å². The van der Waals surface area contributed by atoms with E-state index in [1.807, 2.05) is 0 Å². The molecule has 0 aliphatic heterocycles. The van der Waals surface area contributed by atoms with Gasteiger partial charge in [0.05, 0.1) is 5.69 Å². The Kier molecular flexibility index (Phi) is 11.0. The molecule has 0 unspecified atom stereocenters. The Morgan fingerprint density at radius 2 is 0.580 bits per heavy atom. The number of hydrogen-bond donors (Lipinski definition) is 0. The number of benzene rings is 12. The minimum absolute atomic E-state index is 1.06. The number of para-hydroxylation sites is 1. The fourth-order valence-corrected chi connectivity index (χ4v) is 10.3. The normalized spacial score (nSPS) is 11.2. The van der Waals surface area contributed by atoms with Gasteiger partial charge >= 0.3 is 0 Å². The van der Waals surface area contributed by atoms with Crippen LogP contribution in [0.25, 0.3) is 99.4 Å². The first kappa shape index (κ1) is 41.4. The number of rotatable bonds is 10. The molecule has 0 N–H and O–H groups in total. The quantitative estimate of drug-likeness (QED) is 0.124. The highest BCUT2D eigenvalue weighted by molar-refractivity contribution is 6.22. The highest BCUT2D eigenvalue weighted by Gasteiger charge is 2.24. The van der Waals surface area contributed by atoms with Crippen molar-refractivity contribution in [2.75, 3.05) is 4.90 Å². The van der Waals surface area contributed by atoms with Crippen molar-refractivity contribution in [2.24, 2.45) is 0 Å². The fourth-order valence-electron chi connectivity index (χ4n) is 10.3. The van der Waals surface area contributed by atoms with E-state index in [0.717, 1.165) is 50.4 Å². The van der Waals surface area contributed by atoms with E-state index in [1.165, 1.54) is 66.1 Å². The lowest BCUT2D eigenvalue weighted by molar-refractivity contribution is 1.28. The van der Waals surface area contributed by atoms with Crippen molar-refractivity contribution < 1.29 is 0 Å². The van der Waals surface area contributed by atoms with Gasteiger partial charge in [-0.25, -0.2) is 0 Å². The summed E-state index contributed by atoms with van der Waals surface area (Å²) in [4.78, 5) is 2.49. The first-order chi connectivity index (χ1) is 34.3. The summed E-state index contributed by atoms with van der Waals surface area (Å²) in [6, 6.07) is 104. The van der Waals surface area contributed by atoms with Crippen LogP contribution in [0.3, 0.4) is 0 Å². The number of fused-ring (bicyclic) bond motifs is 3. The third-order valence-corrected chi connectivity index (χ3v) is 13.4. The molecule has 0 aliphatic rings. The number of hydrogen-bond acceptors (Lipinski definition) is 1. The van der Waals surface area contributed by atoms with Crippen LogP contribution in [0.1, 0.15) is 0 Å². The molecule has 12 rings (SSSR count). The molecule has 324 valence electrons. The van der Waals surface area contributed by atoms with Gasteiger partial charge in [-0.2, -0.15) is 0 Å². The van der Waals surface area contributed by atoms with Crippen LogP contribution in [-0.4, -0.2) is 0 Å². The highest BCUT2D eigenvalue weighted by Crippen LogP contribution is 2.50. The zero-order chi connectivity index (χ0) is 45.9. The van der Waals surface area contributed by atoms with E-state index in [0.29, 0.717) is 0 Å². The molecule has 0 saturated heterocycles. The Labute approximate surface area is 404 Å². The molecular formula is C68H47N. The van der Waals surface area contributed by atoms with Crippen LogP contribution in [0.2, 0.25) is 0 Å². The van der Waals surface area contributed by atoms with E-state index >= 15 is 0 Å². The Balaban J connectivity index is 1.13. The average molecular weight is 878 g/mol. The molecule has 0 aliphatic carbocycles. The molecule has 0 fully saturated rings. The van der Waals surface area contributed by atoms with E-state index in [4.69, 9.17) is 0 Å². The van der Waals surface area contributed by atoms with Crippen LogP contribution in [0.15, 0.2) is 285 Å². The molecule has 0 bridgehead atoms. The predicted molar refractivity (Wildman–Crippen MR) is 294 cm³/mol. The molecule has 0 heterocycles. The minimum Gasteiger partial charge on any atom is -0.309 e. The molecule has 12 aromatic carbocycles. The lowest BCUT2D eigenvalue weighted by atomic mass is 9.84. The maximum atomic E-state index is 2.49. The predicted octanol–water partition coefficient (Wildman–Crippen LogP) is 19.1. The third-order valence-electron chi connectivity index (χ3n) is 13.4. The monoisotopic (exact) mass is 877 g/mol. The molecule has 0 radical (unpaired) electrons. The maximum absolute atomic E-state index is 2.49. The smallest absolute Gasteiger partial charge is 0.0618 e. The summed E-state index contributed by atoms with van der Waals surface area (Å²) < 4.78 is 0. The third kappa shape index (κ3) is 7.86. The summed E-state index contributed by atoms with van der Waals surface area (Å²) in [7, 11) is 0. The summed E-state index contributed by atoms with van der Waals surface area (Å²) >= 11 is 0. The van der Waals surface area contributed by atoms with Crippen LogP contribution in [-0.2, 0) is 0 Å². The Morgan fingerprint density at radius 1 is 0.188 bits per heavy atom. The zero-order valence-corrected chi connectivity index (χ0v) is 38.1. The van der Waals surface area contributed by atoms with Gasteiger partial charge in [-0.15, -0.1) is 0 Å². The molecule has 0 spiro atoms. The van der Waals surface area contributed by atoms with Crippen LogP contribution in [0.5, 0.6) is 0 Å². The highest BCUT2D eigenvalue weighted by atomic mass is 15.1. The largest absolute Gasteiger partial charge is 0.309 e. The zero-order valence-electron chi connectivity index (χ0n) is 38.1. The summed E-state index contributed by atoms with van der Waals surface area (Å²) in [5.41, 5.74) is 19.7. The van der Waals surface area contributed by atoms with Crippen molar-refractivity contribution in [1.29, 1.82) is 0 Å². The van der Waals surface area contributed by atoms with Crippen molar-refractivity contribution in [3.05, 3.63) is 285 Å². The van der Waals surface area contributed by atoms with Gasteiger partial charge in [0.15, 0.2) is 0 Å². The van der Waals surface area contributed by atoms with Gasteiger partial charge in [0.2, 0.25) is 0 Å². The SMILES string of the molecule is c1ccc(-c2ccc(N(c3cccc(-c4ccc5c(c4)c(-c4ccccc4)c(-c4ccccc4)c4ccccc45)c3)c3c(-c4ccccc4)cccc3-c3ccccc3)cc2-c2ccccc2)cc1. The van der Waals surface area contributed by atoms with Gasteiger partial charge in [0.25, 0.3) is 0 Å². The number of anilines is 3. The summed E-state index contributed by atoms with van der Waals surface area (Å²) in [6.07, 6.45) is 0. The molecule has 0 atom stereocenters. The molecule has 1 heteroatoms. The van der Waals surface area contributed by atoms with E-state index in [2.05, 4.69) is 290 Å². The van der Waals surface area contributed by atoms with Crippen LogP contribution >= 0.6 is 0 Å². The van der Waals surface area contributed by atoms with Gasteiger partial charge in [-0.05, 0) is 119 Å². The second-order valence-corrected chi connectivity index (χ2v) is 17.6.